The average Bonchev–Trinajstić information content (AvgIpc) is 3.20. The Labute approximate surface area is 171 Å². The summed E-state index contributed by atoms with van der Waals surface area (Å²) in [5.41, 5.74) is 1.81. The Balaban J connectivity index is 1.64. The third kappa shape index (κ3) is 5.20. The van der Waals surface area contributed by atoms with Gasteiger partial charge in [0.2, 0.25) is 10.0 Å². The Morgan fingerprint density at radius 3 is 2.31 bits per heavy atom. The van der Waals surface area contributed by atoms with E-state index in [4.69, 9.17) is 0 Å². The summed E-state index contributed by atoms with van der Waals surface area (Å²) in [7, 11) is -0.987. The van der Waals surface area contributed by atoms with E-state index in [9.17, 15) is 17.6 Å². The standard InChI is InChI=1S/C21H26FN3O3S/c1-24(2)29(27,28)18-9-10-20(22)19(13-18)21(26)23-14-16-5-7-17(8-6-16)15-25-11-3-4-12-25/h5-10,13H,3-4,11-12,14-15H2,1-2H3,(H,23,26). The lowest BCUT2D eigenvalue weighted by Crippen LogP contribution is -2.26. The first-order chi connectivity index (χ1) is 13.8. The summed E-state index contributed by atoms with van der Waals surface area (Å²) in [5.74, 6) is -1.42. The molecule has 156 valence electrons. The molecule has 1 aliphatic heterocycles. The van der Waals surface area contributed by atoms with Crippen molar-refractivity contribution in [2.75, 3.05) is 27.2 Å². The van der Waals surface area contributed by atoms with E-state index in [1.54, 1.807) is 0 Å². The van der Waals surface area contributed by atoms with Crippen molar-refractivity contribution in [2.45, 2.75) is 30.8 Å². The van der Waals surface area contributed by atoms with Gasteiger partial charge < -0.3 is 5.32 Å². The minimum atomic E-state index is -3.75. The number of likely N-dealkylation sites (tertiary alicyclic amines) is 1. The van der Waals surface area contributed by atoms with Gasteiger partial charge in [0.05, 0.1) is 10.5 Å². The quantitative estimate of drug-likeness (QED) is 0.749. The van der Waals surface area contributed by atoms with Crippen LogP contribution in [0.1, 0.15) is 34.3 Å². The molecular formula is C21H26FN3O3S. The van der Waals surface area contributed by atoms with Crippen LogP contribution in [0.15, 0.2) is 47.4 Å². The van der Waals surface area contributed by atoms with Crippen molar-refractivity contribution in [1.29, 1.82) is 0 Å². The minimum Gasteiger partial charge on any atom is -0.348 e. The first-order valence-electron chi connectivity index (χ1n) is 9.58. The molecule has 0 spiro atoms. The molecule has 0 aromatic heterocycles. The molecule has 0 aliphatic carbocycles. The van der Waals surface area contributed by atoms with Crippen molar-refractivity contribution in [3.8, 4) is 0 Å². The lowest BCUT2D eigenvalue weighted by Gasteiger charge is -2.15. The maximum absolute atomic E-state index is 14.1. The maximum atomic E-state index is 14.1. The van der Waals surface area contributed by atoms with Gasteiger partial charge in [-0.05, 0) is 55.3 Å². The fourth-order valence-corrected chi connectivity index (χ4v) is 4.22. The number of amides is 1. The lowest BCUT2D eigenvalue weighted by molar-refractivity contribution is 0.0946. The van der Waals surface area contributed by atoms with E-state index < -0.39 is 21.7 Å². The number of hydrogen-bond donors (Lipinski definition) is 1. The van der Waals surface area contributed by atoms with Gasteiger partial charge in [0.1, 0.15) is 5.82 Å². The minimum absolute atomic E-state index is 0.125. The monoisotopic (exact) mass is 419 g/mol. The molecule has 29 heavy (non-hydrogen) atoms. The number of hydrogen-bond acceptors (Lipinski definition) is 4. The zero-order chi connectivity index (χ0) is 21.0. The van der Waals surface area contributed by atoms with Crippen LogP contribution in [0, 0.1) is 5.82 Å². The smallest absolute Gasteiger partial charge is 0.254 e. The Hall–Kier alpha value is -2.29. The Bertz CT molecular complexity index is 969. The topological polar surface area (TPSA) is 69.7 Å². The number of carbonyl (C=O) groups excluding carboxylic acids is 1. The van der Waals surface area contributed by atoms with Gasteiger partial charge in [-0.15, -0.1) is 0 Å². The SMILES string of the molecule is CN(C)S(=O)(=O)c1ccc(F)c(C(=O)NCc2ccc(CN3CCCC3)cc2)c1. The van der Waals surface area contributed by atoms with Crippen LogP contribution >= 0.6 is 0 Å². The molecule has 0 atom stereocenters. The summed E-state index contributed by atoms with van der Waals surface area (Å²) in [4.78, 5) is 14.7. The number of rotatable bonds is 7. The molecule has 1 amide bonds. The molecule has 3 rings (SSSR count). The van der Waals surface area contributed by atoms with Crippen molar-refractivity contribution in [3.63, 3.8) is 0 Å². The highest BCUT2D eigenvalue weighted by Gasteiger charge is 2.21. The van der Waals surface area contributed by atoms with Gasteiger partial charge in [-0.2, -0.15) is 0 Å². The van der Waals surface area contributed by atoms with Crippen molar-refractivity contribution in [2.24, 2.45) is 0 Å². The van der Waals surface area contributed by atoms with Crippen LogP contribution < -0.4 is 5.32 Å². The fourth-order valence-electron chi connectivity index (χ4n) is 3.29. The highest BCUT2D eigenvalue weighted by molar-refractivity contribution is 7.89. The van der Waals surface area contributed by atoms with Crippen LogP contribution in [0.4, 0.5) is 4.39 Å². The van der Waals surface area contributed by atoms with E-state index in [0.29, 0.717) is 0 Å². The molecule has 1 saturated heterocycles. The van der Waals surface area contributed by atoms with Crippen molar-refractivity contribution in [1.82, 2.24) is 14.5 Å². The van der Waals surface area contributed by atoms with Crippen LogP contribution in [0.3, 0.4) is 0 Å². The second-order valence-electron chi connectivity index (χ2n) is 7.41. The molecule has 0 saturated carbocycles. The van der Waals surface area contributed by atoms with E-state index in [2.05, 4.69) is 10.2 Å². The normalized spacial score (nSPS) is 15.0. The lowest BCUT2D eigenvalue weighted by atomic mass is 10.1. The average molecular weight is 420 g/mol. The number of carbonyl (C=O) groups is 1. The number of sulfonamides is 1. The van der Waals surface area contributed by atoms with Gasteiger partial charge in [0.25, 0.3) is 5.91 Å². The number of nitrogens with one attached hydrogen (secondary N) is 1. The molecule has 6 nitrogen and oxygen atoms in total. The maximum Gasteiger partial charge on any atom is 0.254 e. The Morgan fingerprint density at radius 2 is 1.69 bits per heavy atom. The molecule has 1 fully saturated rings. The van der Waals surface area contributed by atoms with Crippen molar-refractivity contribution >= 4 is 15.9 Å². The number of benzene rings is 2. The second-order valence-corrected chi connectivity index (χ2v) is 9.56. The highest BCUT2D eigenvalue weighted by atomic mass is 32.2. The molecule has 0 radical (unpaired) electrons. The van der Waals surface area contributed by atoms with Gasteiger partial charge in [-0.1, -0.05) is 24.3 Å². The van der Waals surface area contributed by atoms with Crippen molar-refractivity contribution < 1.29 is 17.6 Å². The van der Waals surface area contributed by atoms with Gasteiger partial charge >= 0.3 is 0 Å². The molecule has 1 N–H and O–H groups in total. The summed E-state index contributed by atoms with van der Waals surface area (Å²) in [6.07, 6.45) is 2.50. The Morgan fingerprint density at radius 1 is 1.07 bits per heavy atom. The number of nitrogens with zero attached hydrogens (tertiary/aromatic N) is 2. The molecule has 0 bridgehead atoms. The Kier molecular flexibility index (Phi) is 6.66. The zero-order valence-corrected chi connectivity index (χ0v) is 17.5. The molecule has 1 aliphatic rings. The first-order valence-corrected chi connectivity index (χ1v) is 11.0. The zero-order valence-electron chi connectivity index (χ0n) is 16.7. The van der Waals surface area contributed by atoms with E-state index in [0.717, 1.165) is 47.7 Å². The molecular weight excluding hydrogens is 393 g/mol. The van der Waals surface area contributed by atoms with Gasteiger partial charge in [0.15, 0.2) is 0 Å². The predicted octanol–water partition coefficient (Wildman–Crippen LogP) is 2.60. The third-order valence-electron chi connectivity index (χ3n) is 5.04. The first kappa shape index (κ1) is 21.4. The van der Waals surface area contributed by atoms with Crippen LogP contribution in [-0.2, 0) is 23.1 Å². The highest BCUT2D eigenvalue weighted by Crippen LogP contribution is 2.18. The second kappa shape index (κ2) is 9.02. The largest absolute Gasteiger partial charge is 0.348 e. The molecule has 0 unspecified atom stereocenters. The van der Waals surface area contributed by atoms with E-state index in [1.165, 1.54) is 32.5 Å². The number of halogens is 1. The van der Waals surface area contributed by atoms with Crippen LogP contribution in [0.5, 0.6) is 0 Å². The van der Waals surface area contributed by atoms with Gasteiger partial charge in [-0.25, -0.2) is 17.1 Å². The molecule has 1 heterocycles. The summed E-state index contributed by atoms with van der Waals surface area (Å²) in [6.45, 7) is 3.41. The van der Waals surface area contributed by atoms with Crippen LogP contribution in [0.25, 0.3) is 0 Å². The molecule has 8 heteroatoms. The fraction of sp³-hybridized carbons (Fsp3) is 0.381. The van der Waals surface area contributed by atoms with Gasteiger partial charge in [-0.3, -0.25) is 9.69 Å². The predicted molar refractivity (Wildman–Crippen MR) is 109 cm³/mol. The van der Waals surface area contributed by atoms with Crippen molar-refractivity contribution in [3.05, 3.63) is 65.0 Å². The van der Waals surface area contributed by atoms with Crippen LogP contribution in [0.2, 0.25) is 0 Å². The molecule has 2 aromatic rings. The third-order valence-corrected chi connectivity index (χ3v) is 6.85. The van der Waals surface area contributed by atoms with E-state index >= 15 is 0 Å². The van der Waals surface area contributed by atoms with E-state index in [1.807, 2.05) is 24.3 Å². The summed E-state index contributed by atoms with van der Waals surface area (Å²) in [5, 5.41) is 2.66. The van der Waals surface area contributed by atoms with E-state index in [-0.39, 0.29) is 17.0 Å². The summed E-state index contributed by atoms with van der Waals surface area (Å²) < 4.78 is 39.6. The summed E-state index contributed by atoms with van der Waals surface area (Å²) >= 11 is 0. The van der Waals surface area contributed by atoms with Crippen LogP contribution in [-0.4, -0.2) is 50.7 Å². The van der Waals surface area contributed by atoms with Gasteiger partial charge in [0, 0.05) is 27.2 Å². The summed E-state index contributed by atoms with van der Waals surface area (Å²) in [6, 6.07) is 11.2. The molecule has 2 aromatic carbocycles.